The summed E-state index contributed by atoms with van der Waals surface area (Å²) in [5, 5.41) is 5.23. The Bertz CT molecular complexity index is 1230. The average molecular weight is 545 g/mol. The number of halogens is 3. The Kier molecular flexibility index (Phi) is 8.89. The van der Waals surface area contributed by atoms with Crippen LogP contribution in [0.5, 0.6) is 5.75 Å². The second-order valence-corrected chi connectivity index (χ2v) is 10.3. The second-order valence-electron chi connectivity index (χ2n) is 9.36. The van der Waals surface area contributed by atoms with Crippen molar-refractivity contribution < 1.29 is 27.5 Å². The molecule has 0 unspecified atom stereocenters. The van der Waals surface area contributed by atoms with E-state index in [9.17, 15) is 22.8 Å². The van der Waals surface area contributed by atoms with Gasteiger partial charge in [-0.2, -0.15) is 13.2 Å². The van der Waals surface area contributed by atoms with Gasteiger partial charge in [0.1, 0.15) is 5.75 Å². The minimum Gasteiger partial charge on any atom is -0.494 e. The number of rotatable bonds is 9. The molecule has 0 saturated heterocycles. The molecule has 1 amide bonds. The predicted molar refractivity (Wildman–Crippen MR) is 143 cm³/mol. The molecule has 1 fully saturated rings. The molecule has 38 heavy (non-hydrogen) atoms. The lowest BCUT2D eigenvalue weighted by atomic mass is 9.89. The molecule has 0 spiro atoms. The van der Waals surface area contributed by atoms with Gasteiger partial charge in [-0.05, 0) is 74.4 Å². The molecule has 202 valence electrons. The van der Waals surface area contributed by atoms with E-state index in [1.165, 1.54) is 35.6 Å². The van der Waals surface area contributed by atoms with Crippen molar-refractivity contribution in [2.75, 3.05) is 13.7 Å². The third-order valence-electron chi connectivity index (χ3n) is 6.98. The van der Waals surface area contributed by atoms with E-state index in [1.807, 2.05) is 54.6 Å². The Morgan fingerprint density at radius 2 is 1.71 bits per heavy atom. The molecule has 1 heterocycles. The molecule has 0 aliphatic heterocycles. The zero-order chi connectivity index (χ0) is 27.3. The van der Waals surface area contributed by atoms with E-state index in [-0.39, 0.29) is 11.9 Å². The number of amides is 1. The predicted octanol–water partition coefficient (Wildman–Crippen LogP) is 6.73. The fraction of sp³-hybridized carbons (Fsp3) is 0.379. The van der Waals surface area contributed by atoms with E-state index in [0.29, 0.717) is 35.4 Å². The normalized spacial score (nSPS) is 17.7. The van der Waals surface area contributed by atoms with E-state index in [1.54, 1.807) is 0 Å². The van der Waals surface area contributed by atoms with Gasteiger partial charge in [0.05, 0.1) is 11.5 Å². The van der Waals surface area contributed by atoms with Gasteiger partial charge in [-0.25, -0.2) is 0 Å². The largest absolute Gasteiger partial charge is 0.494 e. The van der Waals surface area contributed by atoms with Crippen molar-refractivity contribution in [2.24, 2.45) is 0 Å². The number of carbonyl (C=O) groups excluding carboxylic acids is 2. The quantitative estimate of drug-likeness (QED) is 0.304. The molecule has 0 radical (unpaired) electrons. The van der Waals surface area contributed by atoms with Crippen LogP contribution in [0.2, 0.25) is 0 Å². The van der Waals surface area contributed by atoms with Gasteiger partial charge in [0.2, 0.25) is 0 Å². The molecule has 1 saturated carbocycles. The van der Waals surface area contributed by atoms with Crippen LogP contribution in [0.4, 0.5) is 13.2 Å². The molecule has 4 rings (SSSR count). The zero-order valence-electron chi connectivity index (χ0n) is 21.4. The van der Waals surface area contributed by atoms with Gasteiger partial charge < -0.3 is 15.0 Å². The first-order valence-corrected chi connectivity index (χ1v) is 13.6. The monoisotopic (exact) mass is 544 g/mol. The number of carbonyl (C=O) groups is 2. The maximum Gasteiger partial charge on any atom is 0.454 e. The van der Waals surface area contributed by atoms with Crippen LogP contribution >= 0.6 is 11.3 Å². The lowest BCUT2D eigenvalue weighted by molar-refractivity contribution is -0.0885. The van der Waals surface area contributed by atoms with Crippen molar-refractivity contribution in [1.29, 1.82) is 0 Å². The van der Waals surface area contributed by atoms with Crippen LogP contribution in [-0.2, 0) is 6.54 Å². The standard InChI is InChI=1S/C29H31F3N2O3S/c1-3-37-25-15-10-21(19-6-8-20(9-7-19)27(35)29(30,31)32)17-22(25)18-34(28(36)26-5-4-16-38-26)24-13-11-23(33-2)12-14-24/h4-10,15-17,23-24,33H,3,11-14,18H2,1-2H3. The van der Waals surface area contributed by atoms with E-state index in [4.69, 9.17) is 4.74 Å². The number of alkyl halides is 3. The number of hydrogen-bond acceptors (Lipinski definition) is 5. The molecule has 1 aromatic heterocycles. The molecule has 3 aromatic rings. The summed E-state index contributed by atoms with van der Waals surface area (Å²) >= 11 is 1.42. The minimum absolute atomic E-state index is 0.0178. The van der Waals surface area contributed by atoms with Crippen molar-refractivity contribution in [1.82, 2.24) is 10.2 Å². The lowest BCUT2D eigenvalue weighted by Crippen LogP contribution is -2.44. The summed E-state index contributed by atoms with van der Waals surface area (Å²) < 4.78 is 44.3. The summed E-state index contributed by atoms with van der Waals surface area (Å²) in [6.45, 7) is 2.69. The summed E-state index contributed by atoms with van der Waals surface area (Å²) in [6, 6.07) is 15.2. The van der Waals surface area contributed by atoms with Crippen molar-refractivity contribution in [3.05, 3.63) is 76.0 Å². The molecule has 1 N–H and O–H groups in total. The lowest BCUT2D eigenvalue weighted by Gasteiger charge is -2.37. The highest BCUT2D eigenvalue weighted by Gasteiger charge is 2.39. The first-order chi connectivity index (χ1) is 18.2. The fourth-order valence-electron chi connectivity index (χ4n) is 4.92. The number of ketones is 1. The third-order valence-corrected chi connectivity index (χ3v) is 7.84. The SMILES string of the molecule is CCOc1ccc(-c2ccc(C(=O)C(F)(F)F)cc2)cc1CN(C(=O)c1cccs1)C1CCC(NC)CC1. The Balaban J connectivity index is 1.65. The van der Waals surface area contributed by atoms with Crippen molar-refractivity contribution >= 4 is 23.0 Å². The molecule has 9 heteroatoms. The molecule has 1 aliphatic rings. The maximum absolute atomic E-state index is 13.6. The Hall–Kier alpha value is -3.17. The van der Waals surface area contributed by atoms with Gasteiger partial charge in [0, 0.05) is 29.8 Å². The van der Waals surface area contributed by atoms with Crippen LogP contribution in [0.3, 0.4) is 0 Å². The molecule has 1 aliphatic carbocycles. The molecule has 0 bridgehead atoms. The number of ether oxygens (including phenoxy) is 1. The van der Waals surface area contributed by atoms with Crippen LogP contribution in [0.1, 0.15) is 58.2 Å². The number of nitrogens with one attached hydrogen (secondary N) is 1. The van der Waals surface area contributed by atoms with Gasteiger partial charge in [-0.3, -0.25) is 9.59 Å². The van der Waals surface area contributed by atoms with E-state index < -0.39 is 17.5 Å². The van der Waals surface area contributed by atoms with Crippen LogP contribution in [0.25, 0.3) is 11.1 Å². The smallest absolute Gasteiger partial charge is 0.454 e. The van der Waals surface area contributed by atoms with Crippen LogP contribution in [0.15, 0.2) is 60.0 Å². The van der Waals surface area contributed by atoms with Gasteiger partial charge >= 0.3 is 6.18 Å². The number of benzene rings is 2. The first-order valence-electron chi connectivity index (χ1n) is 12.7. The Labute approximate surface area is 224 Å². The van der Waals surface area contributed by atoms with Gasteiger partial charge in [0.25, 0.3) is 11.7 Å². The summed E-state index contributed by atoms with van der Waals surface area (Å²) in [4.78, 5) is 27.8. The van der Waals surface area contributed by atoms with Gasteiger partial charge in [0.15, 0.2) is 0 Å². The highest BCUT2D eigenvalue weighted by molar-refractivity contribution is 7.12. The van der Waals surface area contributed by atoms with Gasteiger partial charge in [-0.15, -0.1) is 11.3 Å². The zero-order valence-corrected chi connectivity index (χ0v) is 22.2. The van der Waals surface area contributed by atoms with Crippen LogP contribution in [-0.4, -0.2) is 48.5 Å². The number of Topliss-reactive ketones (excluding diaryl/α,β-unsaturated/α-hetero) is 1. The first kappa shape index (κ1) is 27.9. The van der Waals surface area contributed by atoms with Crippen LogP contribution in [0, 0.1) is 0 Å². The fourth-order valence-corrected chi connectivity index (χ4v) is 5.60. The number of thiophene rings is 1. The summed E-state index contributed by atoms with van der Waals surface area (Å²) in [6.07, 6.45) is -1.17. The number of hydrogen-bond donors (Lipinski definition) is 1. The number of nitrogens with zero attached hydrogens (tertiary/aromatic N) is 1. The summed E-state index contributed by atoms with van der Waals surface area (Å²) in [5.74, 6) is -1.23. The highest BCUT2D eigenvalue weighted by Crippen LogP contribution is 2.33. The topological polar surface area (TPSA) is 58.6 Å². The van der Waals surface area contributed by atoms with Crippen molar-refractivity contribution in [3.63, 3.8) is 0 Å². The molecule has 0 atom stereocenters. The van der Waals surface area contributed by atoms with Gasteiger partial charge in [-0.1, -0.05) is 36.4 Å². The minimum atomic E-state index is -4.92. The van der Waals surface area contributed by atoms with Crippen LogP contribution < -0.4 is 10.1 Å². The Morgan fingerprint density at radius 3 is 2.29 bits per heavy atom. The molecule has 5 nitrogen and oxygen atoms in total. The summed E-state index contributed by atoms with van der Waals surface area (Å²) in [7, 11) is 1.96. The van der Waals surface area contributed by atoms with E-state index >= 15 is 0 Å². The highest BCUT2D eigenvalue weighted by atomic mass is 32.1. The van der Waals surface area contributed by atoms with Crippen molar-refractivity contribution in [2.45, 2.75) is 57.4 Å². The maximum atomic E-state index is 13.6. The third kappa shape index (κ3) is 6.45. The molecule has 2 aromatic carbocycles. The molecular weight excluding hydrogens is 513 g/mol. The van der Waals surface area contributed by atoms with Crippen molar-refractivity contribution in [3.8, 4) is 16.9 Å². The second kappa shape index (κ2) is 12.1. The molecular formula is C29H31F3N2O3S. The van der Waals surface area contributed by atoms with E-state index in [2.05, 4.69) is 5.32 Å². The summed E-state index contributed by atoms with van der Waals surface area (Å²) in [5.41, 5.74) is 1.84. The Morgan fingerprint density at radius 1 is 1.03 bits per heavy atom. The van der Waals surface area contributed by atoms with E-state index in [0.717, 1.165) is 36.8 Å². The average Bonchev–Trinajstić information content (AvgIpc) is 3.47.